The number of sulfonamides is 1. The van der Waals surface area contributed by atoms with Crippen LogP contribution in [0.15, 0.2) is 45.8 Å². The molecule has 3 aliphatic rings. The molecule has 1 unspecified atom stereocenters. The van der Waals surface area contributed by atoms with Gasteiger partial charge in [0.2, 0.25) is 21.8 Å². The Morgan fingerprint density at radius 1 is 1.00 bits per heavy atom. The largest absolute Gasteiger partial charge is 0.334 e. The lowest BCUT2D eigenvalue weighted by atomic mass is 10.1. The molecule has 2 amide bonds. The number of rotatable bonds is 7. The maximum absolute atomic E-state index is 13.4. The monoisotopic (exact) mass is 605 g/mol. The summed E-state index contributed by atoms with van der Waals surface area (Å²) in [6.07, 6.45) is 3.45. The molecule has 0 aliphatic carbocycles. The highest BCUT2D eigenvalue weighted by atomic mass is 79.9. The van der Waals surface area contributed by atoms with Gasteiger partial charge in [-0.25, -0.2) is 8.42 Å². The first-order valence-corrected chi connectivity index (χ1v) is 15.7. The second kappa shape index (κ2) is 11.6. The molecule has 5 rings (SSSR count). The maximum atomic E-state index is 13.4. The van der Waals surface area contributed by atoms with Gasteiger partial charge in [0.15, 0.2) is 0 Å². The van der Waals surface area contributed by atoms with Crippen LogP contribution in [0.25, 0.3) is 10.8 Å². The highest BCUT2D eigenvalue weighted by molar-refractivity contribution is 9.10. The molecule has 9 nitrogen and oxygen atoms in total. The van der Waals surface area contributed by atoms with Crippen LogP contribution in [0.1, 0.15) is 25.7 Å². The Labute approximate surface area is 233 Å². The molecular weight excluding hydrogens is 570 g/mol. The van der Waals surface area contributed by atoms with Gasteiger partial charge < -0.3 is 19.6 Å². The topological polar surface area (TPSA) is 93.3 Å². The van der Waals surface area contributed by atoms with Crippen LogP contribution >= 0.6 is 15.9 Å². The van der Waals surface area contributed by atoms with E-state index in [1.807, 2.05) is 23.1 Å². The maximum Gasteiger partial charge on any atom is 0.242 e. The number of halogens is 1. The number of piperazine rings is 1. The summed E-state index contributed by atoms with van der Waals surface area (Å²) in [6, 6.07) is 9.80. The van der Waals surface area contributed by atoms with Crippen LogP contribution in [-0.4, -0.2) is 111 Å². The van der Waals surface area contributed by atoms with E-state index in [2.05, 4.69) is 37.5 Å². The number of nitrogens with zero attached hydrogens (tertiary/aromatic N) is 4. The number of nitrogens with one attached hydrogen (secondary N) is 1. The number of hydrogen-bond donors (Lipinski definition) is 1. The van der Waals surface area contributed by atoms with E-state index < -0.39 is 16.1 Å². The standard InChI is InChI=1S/C27H36BrN5O4S/c1-30-13-14-33(23(17-30)18-31-10-2-3-11-31)26(34)19-32-12-4-5-25(27(32)35)29-38(36,37)24-9-7-20-15-22(28)8-6-21(20)16-24/h6-9,15-16,23,25,29H,2-5,10-14,17-19H2,1H3/t23?,25-/m0/s1. The van der Waals surface area contributed by atoms with Crippen molar-refractivity contribution in [3.05, 3.63) is 40.9 Å². The summed E-state index contributed by atoms with van der Waals surface area (Å²) < 4.78 is 29.9. The van der Waals surface area contributed by atoms with Crippen LogP contribution in [0, 0.1) is 0 Å². The first-order chi connectivity index (χ1) is 18.2. The fourth-order valence-electron chi connectivity index (χ4n) is 5.84. The number of benzene rings is 2. The highest BCUT2D eigenvalue weighted by Gasteiger charge is 2.36. The van der Waals surface area contributed by atoms with Gasteiger partial charge in [-0.05, 0) is 80.9 Å². The van der Waals surface area contributed by atoms with Crippen molar-refractivity contribution in [3.8, 4) is 0 Å². The third-order valence-corrected chi connectivity index (χ3v) is 9.87. The molecule has 0 aromatic heterocycles. The lowest BCUT2D eigenvalue weighted by Crippen LogP contribution is -2.60. The van der Waals surface area contributed by atoms with Gasteiger partial charge >= 0.3 is 0 Å². The van der Waals surface area contributed by atoms with Gasteiger partial charge in [-0.15, -0.1) is 0 Å². The summed E-state index contributed by atoms with van der Waals surface area (Å²) in [6.45, 7) is 5.72. The number of fused-ring (bicyclic) bond motifs is 1. The summed E-state index contributed by atoms with van der Waals surface area (Å²) in [5.41, 5.74) is 0. The third-order valence-electron chi connectivity index (χ3n) is 7.91. The summed E-state index contributed by atoms with van der Waals surface area (Å²) in [5.74, 6) is -0.386. The van der Waals surface area contributed by atoms with E-state index in [0.717, 1.165) is 48.0 Å². The van der Waals surface area contributed by atoms with Crippen LogP contribution in [0.3, 0.4) is 0 Å². The summed E-state index contributed by atoms with van der Waals surface area (Å²) >= 11 is 3.43. The van der Waals surface area contributed by atoms with E-state index in [9.17, 15) is 18.0 Å². The number of piperidine rings is 1. The first kappa shape index (κ1) is 27.5. The number of carbonyl (C=O) groups excluding carboxylic acids is 2. The Balaban J connectivity index is 1.24. The number of likely N-dealkylation sites (N-methyl/N-ethyl adjacent to an activating group) is 1. The fourth-order valence-corrected chi connectivity index (χ4v) is 7.47. The Hall–Kier alpha value is -2.05. The third kappa shape index (κ3) is 6.22. The van der Waals surface area contributed by atoms with Crippen molar-refractivity contribution in [2.45, 2.75) is 42.7 Å². The number of amides is 2. The van der Waals surface area contributed by atoms with Crippen LogP contribution in [-0.2, 0) is 19.6 Å². The van der Waals surface area contributed by atoms with Crippen molar-refractivity contribution < 1.29 is 18.0 Å². The van der Waals surface area contributed by atoms with E-state index in [1.54, 1.807) is 18.2 Å². The van der Waals surface area contributed by atoms with Gasteiger partial charge in [0.05, 0.1) is 17.5 Å². The van der Waals surface area contributed by atoms with Crippen LogP contribution in [0.4, 0.5) is 0 Å². The SMILES string of the molecule is CN1CCN(C(=O)CN2CCC[C@H](NS(=O)(=O)c3ccc4cc(Br)ccc4c3)C2=O)C(CN2CCCC2)C1. The lowest BCUT2D eigenvalue weighted by molar-refractivity contribution is -0.145. The van der Waals surface area contributed by atoms with Gasteiger partial charge in [-0.3, -0.25) is 9.59 Å². The zero-order chi connectivity index (χ0) is 26.9. The smallest absolute Gasteiger partial charge is 0.242 e. The molecule has 3 saturated heterocycles. The highest BCUT2D eigenvalue weighted by Crippen LogP contribution is 2.24. The normalized spacial score (nSPS) is 23.9. The number of carbonyl (C=O) groups is 2. The molecule has 206 valence electrons. The average molecular weight is 607 g/mol. The van der Waals surface area contributed by atoms with Gasteiger partial charge in [-0.1, -0.05) is 28.1 Å². The number of hydrogen-bond acceptors (Lipinski definition) is 6. The van der Waals surface area contributed by atoms with Crippen LogP contribution < -0.4 is 4.72 Å². The zero-order valence-corrected chi connectivity index (χ0v) is 24.2. The minimum atomic E-state index is -3.91. The molecule has 3 heterocycles. The molecule has 11 heteroatoms. The molecule has 2 atom stereocenters. The molecule has 3 fully saturated rings. The minimum Gasteiger partial charge on any atom is -0.334 e. The molecular formula is C27H36BrN5O4S. The first-order valence-electron chi connectivity index (χ1n) is 13.4. The quantitative estimate of drug-likeness (QED) is 0.520. The van der Waals surface area contributed by atoms with Crippen molar-refractivity contribution in [1.82, 2.24) is 24.3 Å². The van der Waals surface area contributed by atoms with Crippen molar-refractivity contribution in [2.75, 3.05) is 59.4 Å². The predicted molar refractivity (Wildman–Crippen MR) is 150 cm³/mol. The van der Waals surface area contributed by atoms with Gasteiger partial charge in [0.25, 0.3) is 0 Å². The second-order valence-electron chi connectivity index (χ2n) is 10.7. The van der Waals surface area contributed by atoms with Crippen molar-refractivity contribution in [1.29, 1.82) is 0 Å². The van der Waals surface area contributed by atoms with Gasteiger partial charge in [-0.2, -0.15) is 4.72 Å². The Morgan fingerprint density at radius 3 is 2.53 bits per heavy atom. The molecule has 0 saturated carbocycles. The molecule has 2 aromatic rings. The van der Waals surface area contributed by atoms with E-state index in [1.165, 1.54) is 17.7 Å². The van der Waals surface area contributed by atoms with E-state index in [-0.39, 0.29) is 29.3 Å². The van der Waals surface area contributed by atoms with Crippen LogP contribution in [0.5, 0.6) is 0 Å². The molecule has 0 spiro atoms. The molecule has 0 bridgehead atoms. The number of likely N-dealkylation sites (tertiary alicyclic amines) is 2. The zero-order valence-electron chi connectivity index (χ0n) is 21.8. The predicted octanol–water partition coefficient (Wildman–Crippen LogP) is 2.11. The molecule has 0 radical (unpaired) electrons. The van der Waals surface area contributed by atoms with Crippen molar-refractivity contribution >= 4 is 48.5 Å². The van der Waals surface area contributed by atoms with Crippen molar-refractivity contribution in [3.63, 3.8) is 0 Å². The minimum absolute atomic E-state index is 0.0118. The Morgan fingerprint density at radius 2 is 1.74 bits per heavy atom. The molecule has 1 N–H and O–H groups in total. The van der Waals surface area contributed by atoms with E-state index in [0.29, 0.717) is 25.9 Å². The Bertz CT molecular complexity index is 1300. The lowest BCUT2D eigenvalue weighted by Gasteiger charge is -2.42. The fraction of sp³-hybridized carbons (Fsp3) is 0.556. The summed E-state index contributed by atoms with van der Waals surface area (Å²) in [5, 5.41) is 1.72. The molecule has 2 aromatic carbocycles. The summed E-state index contributed by atoms with van der Waals surface area (Å²) in [7, 11) is -1.83. The van der Waals surface area contributed by atoms with E-state index in [4.69, 9.17) is 0 Å². The molecule has 3 aliphatic heterocycles. The van der Waals surface area contributed by atoms with E-state index >= 15 is 0 Å². The summed E-state index contributed by atoms with van der Waals surface area (Å²) in [4.78, 5) is 35.0. The average Bonchev–Trinajstić information content (AvgIpc) is 3.39. The van der Waals surface area contributed by atoms with Gasteiger partial charge in [0, 0.05) is 37.2 Å². The van der Waals surface area contributed by atoms with Crippen molar-refractivity contribution in [2.24, 2.45) is 0 Å². The van der Waals surface area contributed by atoms with Crippen LogP contribution in [0.2, 0.25) is 0 Å². The second-order valence-corrected chi connectivity index (χ2v) is 13.4. The Kier molecular flexibility index (Phi) is 8.39. The van der Waals surface area contributed by atoms with Gasteiger partial charge in [0.1, 0.15) is 6.04 Å². The molecule has 38 heavy (non-hydrogen) atoms.